The number of phenols is 2. The summed E-state index contributed by atoms with van der Waals surface area (Å²) in [4.78, 5) is 2.28. The van der Waals surface area contributed by atoms with Crippen LogP contribution in [0.5, 0.6) is 23.0 Å². The third-order valence-corrected chi connectivity index (χ3v) is 7.32. The van der Waals surface area contributed by atoms with E-state index in [1.165, 1.54) is 12.8 Å². The lowest BCUT2D eigenvalue weighted by Crippen LogP contribution is -2.38. The van der Waals surface area contributed by atoms with Crippen LogP contribution in [-0.4, -0.2) is 40.3 Å². The third kappa shape index (κ3) is 5.12. The fraction of sp³-hybridized carbons (Fsp3) is 0.310. The lowest BCUT2D eigenvalue weighted by atomic mass is 9.86. The van der Waals surface area contributed by atoms with Gasteiger partial charge < -0.3 is 19.7 Å². The summed E-state index contributed by atoms with van der Waals surface area (Å²) in [6, 6.07) is 20.3. The van der Waals surface area contributed by atoms with Crippen LogP contribution in [0.2, 0.25) is 0 Å². The van der Waals surface area contributed by atoms with Crippen LogP contribution in [0.3, 0.4) is 0 Å². The minimum Gasteiger partial charge on any atom is -0.508 e. The van der Waals surface area contributed by atoms with Crippen molar-refractivity contribution in [1.82, 2.24) is 4.90 Å². The summed E-state index contributed by atoms with van der Waals surface area (Å²) in [5, 5.41) is 19.8. The molecule has 0 spiro atoms. The van der Waals surface area contributed by atoms with Gasteiger partial charge in [0.15, 0.2) is 0 Å². The highest BCUT2D eigenvalue weighted by atomic mass is 35.5. The zero-order valence-electron chi connectivity index (χ0n) is 19.8. The van der Waals surface area contributed by atoms with Gasteiger partial charge in [0.1, 0.15) is 35.7 Å². The maximum absolute atomic E-state index is 10.0. The number of ether oxygens (including phenoxy) is 2. The first kappa shape index (κ1) is 23.6. The van der Waals surface area contributed by atoms with Gasteiger partial charge in [0.2, 0.25) is 0 Å². The zero-order valence-corrected chi connectivity index (χ0v) is 20.5. The predicted molar refractivity (Wildman–Crippen MR) is 139 cm³/mol. The summed E-state index contributed by atoms with van der Waals surface area (Å²) in [5.41, 5.74) is 5.09. The Morgan fingerprint density at radius 2 is 1.71 bits per heavy atom. The maximum atomic E-state index is 10.0. The van der Waals surface area contributed by atoms with Crippen molar-refractivity contribution in [3.8, 4) is 23.0 Å². The van der Waals surface area contributed by atoms with Crippen LogP contribution in [0, 0.1) is 0 Å². The number of hydrogen-bond donors (Lipinski definition) is 2. The number of alkyl halides is 1. The van der Waals surface area contributed by atoms with Crippen LogP contribution in [0.25, 0.3) is 11.1 Å². The SMILES string of the molecule is CC1=C(c2ccc(O)cc2)C(c2ccc(OCCN3CCCCC3Cl)cc2)Oc2cc(O)ccc21. The normalized spacial score (nSPS) is 20.3. The highest BCUT2D eigenvalue weighted by molar-refractivity contribution is 6.20. The van der Waals surface area contributed by atoms with Crippen LogP contribution in [0.4, 0.5) is 0 Å². The maximum Gasteiger partial charge on any atom is 0.150 e. The van der Waals surface area contributed by atoms with Gasteiger partial charge >= 0.3 is 0 Å². The van der Waals surface area contributed by atoms with E-state index in [9.17, 15) is 10.2 Å². The predicted octanol–water partition coefficient (Wildman–Crippen LogP) is 6.59. The fourth-order valence-corrected chi connectivity index (χ4v) is 5.26. The van der Waals surface area contributed by atoms with Crippen molar-refractivity contribution in [1.29, 1.82) is 0 Å². The number of fused-ring (bicyclic) bond motifs is 1. The number of piperidine rings is 1. The summed E-state index contributed by atoms with van der Waals surface area (Å²) in [6.07, 6.45) is 3.05. The highest BCUT2D eigenvalue weighted by Crippen LogP contribution is 2.47. The van der Waals surface area contributed by atoms with Crippen LogP contribution in [0.15, 0.2) is 66.7 Å². The molecule has 2 N–H and O–H groups in total. The number of allylic oxidation sites excluding steroid dienone is 1. The molecule has 1 fully saturated rings. The molecule has 0 aliphatic carbocycles. The quantitative estimate of drug-likeness (QED) is 0.301. The molecule has 2 atom stereocenters. The van der Waals surface area contributed by atoms with Crippen molar-refractivity contribution in [3.05, 3.63) is 83.4 Å². The van der Waals surface area contributed by atoms with Gasteiger partial charge in [-0.1, -0.05) is 24.3 Å². The van der Waals surface area contributed by atoms with Gasteiger partial charge in [0.25, 0.3) is 0 Å². The first-order valence-corrected chi connectivity index (χ1v) is 12.5. The van der Waals surface area contributed by atoms with Crippen molar-refractivity contribution in [2.45, 2.75) is 37.8 Å². The molecule has 1 saturated heterocycles. The molecular weight excluding hydrogens is 462 g/mol. The summed E-state index contributed by atoms with van der Waals surface area (Å²) < 4.78 is 12.4. The minimum atomic E-state index is -0.367. The molecule has 182 valence electrons. The van der Waals surface area contributed by atoms with Gasteiger partial charge in [-0.3, -0.25) is 4.90 Å². The van der Waals surface area contributed by atoms with Gasteiger partial charge in [-0.25, -0.2) is 0 Å². The Bertz CT molecular complexity index is 1210. The van der Waals surface area contributed by atoms with E-state index in [0.29, 0.717) is 12.4 Å². The van der Waals surface area contributed by atoms with E-state index in [0.717, 1.165) is 53.1 Å². The van der Waals surface area contributed by atoms with E-state index in [1.54, 1.807) is 24.3 Å². The highest BCUT2D eigenvalue weighted by Gasteiger charge is 2.29. The molecule has 2 unspecified atom stereocenters. The third-order valence-electron chi connectivity index (χ3n) is 6.82. The largest absolute Gasteiger partial charge is 0.508 e. The van der Waals surface area contributed by atoms with Crippen LogP contribution < -0.4 is 9.47 Å². The van der Waals surface area contributed by atoms with Gasteiger partial charge in [-0.2, -0.15) is 0 Å². The van der Waals surface area contributed by atoms with Gasteiger partial charge in [0, 0.05) is 23.7 Å². The fourth-order valence-electron chi connectivity index (χ4n) is 4.91. The van der Waals surface area contributed by atoms with Crippen LogP contribution in [-0.2, 0) is 0 Å². The number of likely N-dealkylation sites (tertiary alicyclic amines) is 1. The van der Waals surface area contributed by atoms with E-state index < -0.39 is 0 Å². The molecule has 5 nitrogen and oxygen atoms in total. The molecular formula is C29H30ClNO4. The second-order valence-electron chi connectivity index (χ2n) is 9.15. The number of benzene rings is 3. The number of hydrogen-bond acceptors (Lipinski definition) is 5. The Morgan fingerprint density at radius 3 is 2.46 bits per heavy atom. The van der Waals surface area contributed by atoms with Crippen LogP contribution >= 0.6 is 11.6 Å². The monoisotopic (exact) mass is 491 g/mol. The lowest BCUT2D eigenvalue weighted by Gasteiger charge is -2.31. The molecule has 2 heterocycles. The number of phenolic OH excluding ortho intramolecular Hbond substituents is 2. The van der Waals surface area contributed by atoms with E-state index in [-0.39, 0.29) is 23.1 Å². The molecule has 3 aromatic rings. The summed E-state index contributed by atoms with van der Waals surface area (Å²) in [5.74, 6) is 1.84. The molecule has 2 aliphatic heterocycles. The summed E-state index contributed by atoms with van der Waals surface area (Å²) in [6.45, 7) is 4.50. The zero-order chi connectivity index (χ0) is 24.4. The standard InChI is InChI=1S/C29H30ClNO4/c1-19-25-14-11-23(33)18-26(25)35-29(28(19)20-5-9-22(32)10-6-20)21-7-12-24(13-8-21)34-17-16-31-15-3-2-4-27(31)30/h5-14,18,27,29,32-33H,2-4,15-17H2,1H3. The molecule has 2 aliphatic rings. The summed E-state index contributed by atoms with van der Waals surface area (Å²) >= 11 is 6.42. The lowest BCUT2D eigenvalue weighted by molar-refractivity contribution is 0.164. The van der Waals surface area contributed by atoms with Crippen molar-refractivity contribution in [2.24, 2.45) is 0 Å². The van der Waals surface area contributed by atoms with Gasteiger partial charge in [0.05, 0.1) is 5.50 Å². The van der Waals surface area contributed by atoms with E-state index in [2.05, 4.69) is 11.8 Å². The molecule has 0 aromatic heterocycles. The first-order valence-electron chi connectivity index (χ1n) is 12.1. The van der Waals surface area contributed by atoms with E-state index in [4.69, 9.17) is 21.1 Å². The van der Waals surface area contributed by atoms with Crippen molar-refractivity contribution < 1.29 is 19.7 Å². The number of halogens is 1. The molecule has 0 radical (unpaired) electrons. The van der Waals surface area contributed by atoms with Gasteiger partial charge in [-0.05, 0) is 85.8 Å². The van der Waals surface area contributed by atoms with Crippen molar-refractivity contribution in [2.75, 3.05) is 19.7 Å². The average Bonchev–Trinajstić information content (AvgIpc) is 2.86. The van der Waals surface area contributed by atoms with Crippen molar-refractivity contribution >= 4 is 22.7 Å². The molecule has 0 bridgehead atoms. The molecule has 0 saturated carbocycles. The van der Waals surface area contributed by atoms with E-state index in [1.807, 2.05) is 42.5 Å². The Hall–Kier alpha value is -3.15. The average molecular weight is 492 g/mol. The Kier molecular flexibility index (Phi) is 6.89. The smallest absolute Gasteiger partial charge is 0.150 e. The Labute approximate surface area is 211 Å². The number of nitrogens with zero attached hydrogens (tertiary/aromatic N) is 1. The molecule has 35 heavy (non-hydrogen) atoms. The molecule has 6 heteroatoms. The molecule has 3 aromatic carbocycles. The first-order chi connectivity index (χ1) is 17.0. The second-order valence-corrected chi connectivity index (χ2v) is 9.65. The van der Waals surface area contributed by atoms with Gasteiger partial charge in [-0.15, -0.1) is 11.6 Å². The summed E-state index contributed by atoms with van der Waals surface area (Å²) in [7, 11) is 0. The molecule has 0 amide bonds. The Morgan fingerprint density at radius 1 is 0.971 bits per heavy atom. The second kappa shape index (κ2) is 10.2. The van der Waals surface area contributed by atoms with Crippen LogP contribution in [0.1, 0.15) is 49.0 Å². The minimum absolute atomic E-state index is 0.105. The number of aromatic hydroxyl groups is 2. The topological polar surface area (TPSA) is 62.2 Å². The molecule has 5 rings (SSSR count). The Balaban J connectivity index is 1.38. The van der Waals surface area contributed by atoms with E-state index >= 15 is 0 Å². The van der Waals surface area contributed by atoms with Crippen molar-refractivity contribution in [3.63, 3.8) is 0 Å². The number of rotatable bonds is 6.